The van der Waals surface area contributed by atoms with E-state index < -0.39 is 10.9 Å². The molecule has 0 fully saturated rings. The van der Waals surface area contributed by atoms with Crippen LogP contribution in [0.15, 0.2) is 18.2 Å². The molecule has 1 aromatic rings. The number of nitrogens with zero attached hydrogens (tertiary/aromatic N) is 2. The van der Waals surface area contributed by atoms with E-state index in [0.29, 0.717) is 17.5 Å². The van der Waals surface area contributed by atoms with E-state index in [1.54, 1.807) is 19.1 Å². The normalized spacial score (nSPS) is 10.8. The van der Waals surface area contributed by atoms with E-state index in [-0.39, 0.29) is 24.7 Å². The van der Waals surface area contributed by atoms with Crippen molar-refractivity contribution < 1.29 is 19.2 Å². The number of nitro benzene ring substituents is 1. The molecule has 1 rings (SSSR count). The Morgan fingerprint density at radius 1 is 1.20 bits per heavy atom. The highest BCUT2D eigenvalue weighted by molar-refractivity contribution is 5.71. The van der Waals surface area contributed by atoms with Gasteiger partial charge in [-0.15, -0.1) is 0 Å². The number of carbonyl (C=O) groups excluding carboxylic acids is 1. The number of ether oxygens (including phenoxy) is 2. The second-order valence-electron chi connectivity index (χ2n) is 6.69. The van der Waals surface area contributed by atoms with Crippen LogP contribution in [-0.2, 0) is 9.53 Å². The van der Waals surface area contributed by atoms with E-state index in [1.165, 1.54) is 6.07 Å². The van der Waals surface area contributed by atoms with Gasteiger partial charge in [0, 0.05) is 13.1 Å². The molecule has 0 unspecified atom stereocenters. The third-order valence-corrected chi connectivity index (χ3v) is 3.32. The zero-order chi connectivity index (χ0) is 19.0. The highest BCUT2D eigenvalue weighted by atomic mass is 16.6. The van der Waals surface area contributed by atoms with Gasteiger partial charge in [0.25, 0.3) is 5.69 Å². The van der Waals surface area contributed by atoms with E-state index in [0.717, 1.165) is 13.1 Å². The summed E-state index contributed by atoms with van der Waals surface area (Å²) < 4.78 is 10.1. The minimum Gasteiger partial charge on any atom is -0.482 e. The van der Waals surface area contributed by atoms with Crippen molar-refractivity contribution in [2.45, 2.75) is 34.6 Å². The van der Waals surface area contributed by atoms with E-state index >= 15 is 0 Å². The van der Waals surface area contributed by atoms with Gasteiger partial charge in [-0.05, 0) is 30.9 Å². The zero-order valence-electron chi connectivity index (χ0n) is 15.7. The monoisotopic (exact) mass is 352 g/mol. The maximum atomic E-state index is 11.5. The van der Waals surface area contributed by atoms with Gasteiger partial charge in [0.15, 0.2) is 6.61 Å². The van der Waals surface area contributed by atoms with E-state index in [1.807, 2.05) is 4.90 Å². The van der Waals surface area contributed by atoms with Gasteiger partial charge < -0.3 is 14.4 Å². The fourth-order valence-corrected chi connectivity index (χ4v) is 2.50. The van der Waals surface area contributed by atoms with Gasteiger partial charge in [-0.25, -0.2) is 4.79 Å². The number of anilines is 1. The lowest BCUT2D eigenvalue weighted by atomic mass is 10.1. The predicted molar refractivity (Wildman–Crippen MR) is 97.1 cm³/mol. The van der Waals surface area contributed by atoms with Gasteiger partial charge in [-0.3, -0.25) is 10.1 Å². The van der Waals surface area contributed by atoms with Gasteiger partial charge in [-0.1, -0.05) is 27.7 Å². The summed E-state index contributed by atoms with van der Waals surface area (Å²) in [7, 11) is 0. The Bertz CT molecular complexity index is 577. The van der Waals surface area contributed by atoms with Crippen molar-refractivity contribution in [1.82, 2.24) is 0 Å². The second-order valence-corrected chi connectivity index (χ2v) is 6.69. The summed E-state index contributed by atoms with van der Waals surface area (Å²) in [5.41, 5.74) is 0.540. The van der Waals surface area contributed by atoms with Gasteiger partial charge in [-0.2, -0.15) is 0 Å². The number of hydrogen-bond acceptors (Lipinski definition) is 6. The molecule has 0 aromatic heterocycles. The van der Waals surface area contributed by atoms with Crippen LogP contribution in [0.3, 0.4) is 0 Å². The summed E-state index contributed by atoms with van der Waals surface area (Å²) in [5, 5.41) is 11.5. The summed E-state index contributed by atoms with van der Waals surface area (Å²) in [6.45, 7) is 11.5. The third kappa shape index (κ3) is 6.99. The van der Waals surface area contributed by atoms with Crippen LogP contribution in [-0.4, -0.2) is 37.2 Å². The minimum absolute atomic E-state index is 0.0253. The van der Waals surface area contributed by atoms with Crippen LogP contribution in [0.5, 0.6) is 5.75 Å². The van der Waals surface area contributed by atoms with Crippen LogP contribution in [0.1, 0.15) is 34.6 Å². The molecule has 0 saturated heterocycles. The molecule has 1 aromatic carbocycles. The van der Waals surface area contributed by atoms with Gasteiger partial charge in [0.2, 0.25) is 0 Å². The highest BCUT2D eigenvalue weighted by Gasteiger charge is 2.22. The topological polar surface area (TPSA) is 81.9 Å². The van der Waals surface area contributed by atoms with Crippen molar-refractivity contribution in [3.05, 3.63) is 28.3 Å². The van der Waals surface area contributed by atoms with Crippen LogP contribution in [0.2, 0.25) is 0 Å². The molecule has 0 amide bonds. The molecule has 0 N–H and O–H groups in total. The molecule has 0 atom stereocenters. The summed E-state index contributed by atoms with van der Waals surface area (Å²) in [4.78, 5) is 24.5. The maximum absolute atomic E-state index is 11.5. The summed E-state index contributed by atoms with van der Waals surface area (Å²) in [6.07, 6.45) is 0. The van der Waals surface area contributed by atoms with Crippen LogP contribution in [0.25, 0.3) is 0 Å². The lowest BCUT2D eigenvalue weighted by Crippen LogP contribution is -2.31. The van der Waals surface area contributed by atoms with E-state index in [4.69, 9.17) is 9.47 Å². The number of esters is 1. The predicted octanol–water partition coefficient (Wildman–Crippen LogP) is 3.66. The van der Waals surface area contributed by atoms with Crippen molar-refractivity contribution in [2.75, 3.05) is 31.2 Å². The molecule has 0 spiro atoms. The average molecular weight is 352 g/mol. The fourth-order valence-electron chi connectivity index (χ4n) is 2.50. The number of nitro groups is 1. The molecule has 0 aliphatic carbocycles. The van der Waals surface area contributed by atoms with Crippen LogP contribution >= 0.6 is 0 Å². The maximum Gasteiger partial charge on any atom is 0.344 e. The Kier molecular flexibility index (Phi) is 8.18. The van der Waals surface area contributed by atoms with Gasteiger partial charge in [0.1, 0.15) is 11.4 Å². The van der Waals surface area contributed by atoms with Gasteiger partial charge in [0.05, 0.1) is 17.6 Å². The molecule has 7 nitrogen and oxygen atoms in total. The highest BCUT2D eigenvalue weighted by Crippen LogP contribution is 2.33. The Balaban J connectivity index is 3.05. The Labute approximate surface area is 149 Å². The standard InChI is InChI=1S/C18H28N2O5/c1-6-24-18(21)12-25-15-7-8-16(17(9-15)20(22)23)19(10-13(2)3)11-14(4)5/h7-9,13-14H,6,10-12H2,1-5H3. The van der Waals surface area contributed by atoms with E-state index in [2.05, 4.69) is 27.7 Å². The van der Waals surface area contributed by atoms with Crippen LogP contribution in [0.4, 0.5) is 11.4 Å². The molecule has 140 valence electrons. The molecule has 0 bridgehead atoms. The number of rotatable bonds is 10. The van der Waals surface area contributed by atoms with Crippen LogP contribution in [0, 0.1) is 22.0 Å². The quantitative estimate of drug-likeness (QED) is 0.363. The van der Waals surface area contributed by atoms with Crippen molar-refractivity contribution in [2.24, 2.45) is 11.8 Å². The molecule has 7 heteroatoms. The molecule has 0 saturated carbocycles. The first kappa shape index (κ1) is 20.7. The number of carbonyl (C=O) groups is 1. The Morgan fingerprint density at radius 2 is 1.80 bits per heavy atom. The largest absolute Gasteiger partial charge is 0.482 e. The van der Waals surface area contributed by atoms with E-state index in [9.17, 15) is 14.9 Å². The molecule has 0 aliphatic heterocycles. The molecule has 0 aliphatic rings. The number of hydrogen-bond donors (Lipinski definition) is 0. The smallest absolute Gasteiger partial charge is 0.344 e. The molecule has 0 radical (unpaired) electrons. The van der Waals surface area contributed by atoms with Crippen molar-refractivity contribution in [1.29, 1.82) is 0 Å². The number of benzene rings is 1. The molecule has 0 heterocycles. The lowest BCUT2D eigenvalue weighted by molar-refractivity contribution is -0.384. The lowest BCUT2D eigenvalue weighted by Gasteiger charge is -2.28. The van der Waals surface area contributed by atoms with Crippen LogP contribution < -0.4 is 9.64 Å². The second kappa shape index (κ2) is 9.86. The van der Waals surface area contributed by atoms with Crippen molar-refractivity contribution in [3.8, 4) is 5.75 Å². The Morgan fingerprint density at radius 3 is 2.28 bits per heavy atom. The molecule has 25 heavy (non-hydrogen) atoms. The van der Waals surface area contributed by atoms with Gasteiger partial charge >= 0.3 is 5.97 Å². The Hall–Kier alpha value is -2.31. The first-order valence-corrected chi connectivity index (χ1v) is 8.56. The van der Waals surface area contributed by atoms with Crippen molar-refractivity contribution >= 4 is 17.3 Å². The van der Waals surface area contributed by atoms with Crippen molar-refractivity contribution in [3.63, 3.8) is 0 Å². The minimum atomic E-state index is -0.504. The fraction of sp³-hybridized carbons (Fsp3) is 0.611. The summed E-state index contributed by atoms with van der Waals surface area (Å²) in [6, 6.07) is 4.70. The SMILES string of the molecule is CCOC(=O)COc1ccc(N(CC(C)C)CC(C)C)c([N+](=O)[O-])c1. The summed E-state index contributed by atoms with van der Waals surface area (Å²) >= 11 is 0. The third-order valence-electron chi connectivity index (χ3n) is 3.32. The first-order valence-electron chi connectivity index (χ1n) is 8.56. The summed E-state index contributed by atoms with van der Waals surface area (Å²) in [5.74, 6) is 0.518. The average Bonchev–Trinajstić information content (AvgIpc) is 2.51. The molecular formula is C18H28N2O5. The zero-order valence-corrected chi connectivity index (χ0v) is 15.7. The molecular weight excluding hydrogens is 324 g/mol. The first-order chi connectivity index (χ1) is 11.7.